The summed E-state index contributed by atoms with van der Waals surface area (Å²) < 4.78 is 94.5. The van der Waals surface area contributed by atoms with E-state index in [4.69, 9.17) is 23.2 Å². The highest BCUT2D eigenvalue weighted by atomic mass is 35.5. The average molecular weight is 558 g/mol. The molecule has 5 nitrogen and oxygen atoms in total. The number of aromatic nitrogens is 1. The zero-order chi connectivity index (χ0) is 24.8. The normalized spacial score (nSPS) is 15.2. The summed E-state index contributed by atoms with van der Waals surface area (Å²) >= 11 is 13.4. The molecule has 4 rings (SSSR count). The molecule has 0 spiro atoms. The Morgan fingerprint density at radius 2 is 1.50 bits per heavy atom. The van der Waals surface area contributed by atoms with Crippen molar-refractivity contribution in [3.63, 3.8) is 0 Å². The summed E-state index contributed by atoms with van der Waals surface area (Å²) in [6, 6.07) is 5.11. The highest BCUT2D eigenvalue weighted by Gasteiger charge is 2.38. The molecular formula is C20H14Cl2F5N3O2S2. The Balaban J connectivity index is 1.48. The number of sulfonamides is 1. The van der Waals surface area contributed by atoms with Gasteiger partial charge in [0.25, 0.3) is 0 Å². The van der Waals surface area contributed by atoms with E-state index in [-0.39, 0.29) is 26.2 Å². The highest BCUT2D eigenvalue weighted by Crippen LogP contribution is 2.31. The number of hydrogen-bond donors (Lipinski definition) is 0. The number of hydrogen-bond acceptors (Lipinski definition) is 5. The number of anilines is 1. The standard InChI is InChI=1S/C20H14Cl2F5N3O2S2/c21-11-2-1-10(13(22)8-11)7-12-9-33-20(28-12)29-3-5-30(6-4-29)34(31,32)19-17(26)15(24)14(23)16(25)18(19)27/h1-2,8-9H,3-7H2. The maximum atomic E-state index is 14.1. The van der Waals surface area contributed by atoms with E-state index in [0.717, 1.165) is 11.3 Å². The minimum Gasteiger partial charge on any atom is -0.345 e. The first kappa shape index (κ1) is 25.1. The quantitative estimate of drug-likeness (QED) is 0.244. The Morgan fingerprint density at radius 3 is 2.09 bits per heavy atom. The van der Waals surface area contributed by atoms with E-state index in [2.05, 4.69) is 4.98 Å². The average Bonchev–Trinajstić information content (AvgIpc) is 3.27. The minimum absolute atomic E-state index is 0.100. The molecule has 182 valence electrons. The molecule has 2 heterocycles. The van der Waals surface area contributed by atoms with Crippen molar-refractivity contribution in [1.82, 2.24) is 9.29 Å². The number of nitrogens with zero attached hydrogens (tertiary/aromatic N) is 3. The molecule has 14 heteroatoms. The Kier molecular flexibility index (Phi) is 7.07. The lowest BCUT2D eigenvalue weighted by atomic mass is 10.1. The van der Waals surface area contributed by atoms with Gasteiger partial charge in [-0.3, -0.25) is 0 Å². The number of piperazine rings is 1. The third-order valence-electron chi connectivity index (χ3n) is 5.20. The van der Waals surface area contributed by atoms with E-state index in [0.29, 0.717) is 25.9 Å². The summed E-state index contributed by atoms with van der Waals surface area (Å²) in [5.74, 6) is -11.8. The molecule has 2 aromatic carbocycles. The van der Waals surface area contributed by atoms with Gasteiger partial charge in [0.2, 0.25) is 15.8 Å². The van der Waals surface area contributed by atoms with E-state index in [1.807, 2.05) is 5.38 Å². The smallest absolute Gasteiger partial charge is 0.249 e. The van der Waals surface area contributed by atoms with Crippen LogP contribution in [0.2, 0.25) is 10.0 Å². The van der Waals surface area contributed by atoms with Crippen molar-refractivity contribution in [2.75, 3.05) is 31.1 Å². The van der Waals surface area contributed by atoms with Crippen molar-refractivity contribution >= 4 is 49.7 Å². The van der Waals surface area contributed by atoms with Gasteiger partial charge >= 0.3 is 0 Å². The van der Waals surface area contributed by atoms with Crippen LogP contribution in [-0.2, 0) is 16.4 Å². The van der Waals surface area contributed by atoms with Crippen LogP contribution in [0.4, 0.5) is 27.1 Å². The van der Waals surface area contributed by atoms with Gasteiger partial charge < -0.3 is 4.90 Å². The molecular weight excluding hydrogens is 544 g/mol. The first-order chi connectivity index (χ1) is 16.0. The maximum Gasteiger partial charge on any atom is 0.249 e. The van der Waals surface area contributed by atoms with Crippen molar-refractivity contribution in [2.45, 2.75) is 11.3 Å². The molecule has 0 saturated carbocycles. The summed E-state index contributed by atoms with van der Waals surface area (Å²) in [6.07, 6.45) is 0.446. The van der Waals surface area contributed by atoms with Gasteiger partial charge in [0.15, 0.2) is 33.3 Å². The molecule has 0 atom stereocenters. The van der Waals surface area contributed by atoms with Crippen LogP contribution in [0.1, 0.15) is 11.3 Å². The van der Waals surface area contributed by atoms with Crippen LogP contribution in [0.15, 0.2) is 28.5 Å². The lowest BCUT2D eigenvalue weighted by molar-refractivity contribution is 0.344. The minimum atomic E-state index is -4.97. The van der Waals surface area contributed by atoms with Gasteiger partial charge in [-0.05, 0) is 17.7 Å². The molecule has 0 amide bonds. The summed E-state index contributed by atoms with van der Waals surface area (Å²) in [5, 5.41) is 3.41. The molecule has 0 aliphatic carbocycles. The fraction of sp³-hybridized carbons (Fsp3) is 0.250. The Labute approximate surface area is 205 Å². The van der Waals surface area contributed by atoms with Gasteiger partial charge in [-0.2, -0.15) is 4.31 Å². The largest absolute Gasteiger partial charge is 0.345 e. The number of rotatable bonds is 5. The van der Waals surface area contributed by atoms with Gasteiger partial charge in [0.05, 0.1) is 5.69 Å². The van der Waals surface area contributed by atoms with Gasteiger partial charge in [-0.25, -0.2) is 35.4 Å². The molecule has 1 aliphatic heterocycles. The molecule has 0 N–H and O–H groups in total. The van der Waals surface area contributed by atoms with Gasteiger partial charge in [0.1, 0.15) is 0 Å². The third-order valence-corrected chi connectivity index (χ3v) is 8.66. The molecule has 1 aromatic heterocycles. The first-order valence-corrected chi connectivity index (χ1v) is 12.7. The molecule has 1 aliphatic rings. The summed E-state index contributed by atoms with van der Waals surface area (Å²) in [4.78, 5) is 4.44. The van der Waals surface area contributed by atoms with Crippen molar-refractivity contribution in [1.29, 1.82) is 0 Å². The number of benzene rings is 2. The predicted octanol–water partition coefficient (Wildman–Crippen LogP) is 5.25. The Bertz CT molecular complexity index is 1330. The number of halogens is 7. The van der Waals surface area contributed by atoms with E-state index < -0.39 is 44.0 Å². The van der Waals surface area contributed by atoms with Crippen molar-refractivity contribution in [3.05, 3.63) is 74.0 Å². The van der Waals surface area contributed by atoms with Crippen LogP contribution in [0.3, 0.4) is 0 Å². The third kappa shape index (κ3) is 4.61. The summed E-state index contributed by atoms with van der Waals surface area (Å²) in [5.41, 5.74) is 1.54. The summed E-state index contributed by atoms with van der Waals surface area (Å²) in [6.45, 7) is -0.272. The maximum absolute atomic E-state index is 14.1. The second-order valence-corrected chi connectivity index (χ2v) is 10.9. The van der Waals surface area contributed by atoms with E-state index in [9.17, 15) is 30.4 Å². The lowest BCUT2D eigenvalue weighted by Gasteiger charge is -2.33. The number of thiazole rings is 1. The van der Waals surface area contributed by atoms with Gasteiger partial charge in [-0.1, -0.05) is 29.3 Å². The Hall–Kier alpha value is -1.99. The van der Waals surface area contributed by atoms with Crippen LogP contribution >= 0.6 is 34.5 Å². The highest BCUT2D eigenvalue weighted by molar-refractivity contribution is 7.89. The van der Waals surface area contributed by atoms with E-state index in [1.54, 1.807) is 23.1 Å². The van der Waals surface area contributed by atoms with Crippen molar-refractivity contribution < 1.29 is 30.4 Å². The second kappa shape index (κ2) is 9.57. The van der Waals surface area contributed by atoms with Gasteiger partial charge in [0, 0.05) is 48.0 Å². The molecule has 0 bridgehead atoms. The van der Waals surface area contributed by atoms with Gasteiger partial charge in [-0.15, -0.1) is 11.3 Å². The monoisotopic (exact) mass is 557 g/mol. The first-order valence-electron chi connectivity index (χ1n) is 9.65. The lowest BCUT2D eigenvalue weighted by Crippen LogP contribution is -2.49. The Morgan fingerprint density at radius 1 is 0.912 bits per heavy atom. The molecule has 0 unspecified atom stereocenters. The zero-order valence-electron chi connectivity index (χ0n) is 17.0. The molecule has 1 fully saturated rings. The second-order valence-electron chi connectivity index (χ2n) is 7.32. The van der Waals surface area contributed by atoms with Crippen molar-refractivity contribution in [2.24, 2.45) is 0 Å². The summed E-state index contributed by atoms with van der Waals surface area (Å²) in [7, 11) is -4.97. The topological polar surface area (TPSA) is 53.5 Å². The SMILES string of the molecule is O=S(=O)(c1c(F)c(F)c(F)c(F)c1F)N1CCN(c2nc(Cc3ccc(Cl)cc3Cl)cs2)CC1. The van der Waals surface area contributed by atoms with Crippen LogP contribution in [-0.4, -0.2) is 43.9 Å². The zero-order valence-corrected chi connectivity index (χ0v) is 20.1. The predicted molar refractivity (Wildman–Crippen MR) is 119 cm³/mol. The fourth-order valence-corrected chi connectivity index (χ4v) is 6.33. The van der Waals surface area contributed by atoms with E-state index in [1.165, 1.54) is 11.3 Å². The van der Waals surface area contributed by atoms with Crippen LogP contribution in [0, 0.1) is 29.1 Å². The molecule has 1 saturated heterocycles. The molecule has 34 heavy (non-hydrogen) atoms. The van der Waals surface area contributed by atoms with Crippen LogP contribution < -0.4 is 4.90 Å². The molecule has 3 aromatic rings. The van der Waals surface area contributed by atoms with Crippen LogP contribution in [0.25, 0.3) is 0 Å². The fourth-order valence-electron chi connectivity index (χ4n) is 3.44. The van der Waals surface area contributed by atoms with Crippen LogP contribution in [0.5, 0.6) is 0 Å². The van der Waals surface area contributed by atoms with Crippen molar-refractivity contribution in [3.8, 4) is 0 Å². The molecule has 0 radical (unpaired) electrons. The van der Waals surface area contributed by atoms with E-state index >= 15 is 0 Å².